The first-order chi connectivity index (χ1) is 12.0. The highest BCUT2D eigenvalue weighted by atomic mass is 32.2. The lowest BCUT2D eigenvalue weighted by Crippen LogP contribution is -2.48. The summed E-state index contributed by atoms with van der Waals surface area (Å²) < 4.78 is 62.1. The lowest BCUT2D eigenvalue weighted by molar-refractivity contribution is -0.137. The number of carbonyl (C=O) groups is 1. The highest BCUT2D eigenvalue weighted by Gasteiger charge is 2.43. The second-order valence-corrected chi connectivity index (χ2v) is 9.66. The molecule has 1 aromatic carbocycles. The van der Waals surface area contributed by atoms with Gasteiger partial charge in [-0.1, -0.05) is 12.1 Å². The fourth-order valence-corrected chi connectivity index (χ4v) is 4.38. The molecule has 0 aliphatic carbocycles. The molecule has 0 bridgehead atoms. The van der Waals surface area contributed by atoms with E-state index < -0.39 is 37.1 Å². The van der Waals surface area contributed by atoms with Gasteiger partial charge in [0.05, 0.1) is 10.5 Å². The third-order valence-electron chi connectivity index (χ3n) is 3.93. The van der Waals surface area contributed by atoms with Crippen LogP contribution >= 0.6 is 11.3 Å². The summed E-state index contributed by atoms with van der Waals surface area (Å²) >= 11 is 1.51. The van der Waals surface area contributed by atoms with Gasteiger partial charge in [0.1, 0.15) is 4.75 Å². The van der Waals surface area contributed by atoms with Gasteiger partial charge in [-0.25, -0.2) is 8.42 Å². The van der Waals surface area contributed by atoms with Crippen molar-refractivity contribution < 1.29 is 26.4 Å². The van der Waals surface area contributed by atoms with Gasteiger partial charge in [0.2, 0.25) is 5.91 Å². The van der Waals surface area contributed by atoms with Gasteiger partial charge in [-0.05, 0) is 49.9 Å². The number of thiophene rings is 1. The number of benzene rings is 1. The Hall–Kier alpha value is -1.87. The normalized spacial score (nSPS) is 12.8. The summed E-state index contributed by atoms with van der Waals surface area (Å²) in [6.45, 7) is 2.60. The Labute approximate surface area is 154 Å². The van der Waals surface area contributed by atoms with Crippen molar-refractivity contribution in [3.8, 4) is 0 Å². The standard InChI is InChI=1S/C17H18F3NO3S2/c1-16(2,15(22)21-9-8-13-6-4-10-25-13)26(23,24)14-7-3-5-12(11-14)17(18,19)20/h3-7,10-11H,8-9H2,1-2H3,(H,21,22). The molecule has 0 aliphatic rings. The molecule has 0 aliphatic heterocycles. The van der Waals surface area contributed by atoms with Crippen LogP contribution in [-0.4, -0.2) is 25.6 Å². The van der Waals surface area contributed by atoms with E-state index in [1.54, 1.807) is 0 Å². The molecule has 142 valence electrons. The van der Waals surface area contributed by atoms with Gasteiger partial charge >= 0.3 is 6.18 Å². The molecule has 0 fully saturated rings. The van der Waals surface area contributed by atoms with E-state index in [0.717, 1.165) is 23.1 Å². The van der Waals surface area contributed by atoms with Gasteiger partial charge in [0.25, 0.3) is 0 Å². The minimum Gasteiger partial charge on any atom is -0.354 e. The van der Waals surface area contributed by atoms with E-state index in [4.69, 9.17) is 0 Å². The van der Waals surface area contributed by atoms with Crippen LogP contribution in [0.2, 0.25) is 0 Å². The predicted octanol–water partition coefficient (Wildman–Crippen LogP) is 3.68. The van der Waals surface area contributed by atoms with Crippen molar-refractivity contribution in [3.05, 3.63) is 52.2 Å². The van der Waals surface area contributed by atoms with Crippen LogP contribution in [0.1, 0.15) is 24.3 Å². The molecule has 1 aromatic heterocycles. The number of alkyl halides is 3. The molecule has 0 unspecified atom stereocenters. The summed E-state index contributed by atoms with van der Waals surface area (Å²) in [6.07, 6.45) is -4.12. The smallest absolute Gasteiger partial charge is 0.354 e. The van der Waals surface area contributed by atoms with Crippen molar-refractivity contribution in [1.82, 2.24) is 5.32 Å². The van der Waals surface area contributed by atoms with Gasteiger partial charge in [-0.15, -0.1) is 11.3 Å². The molecule has 1 amide bonds. The van der Waals surface area contributed by atoms with Crippen molar-refractivity contribution in [2.24, 2.45) is 0 Å². The van der Waals surface area contributed by atoms with Crippen LogP contribution < -0.4 is 5.32 Å². The summed E-state index contributed by atoms with van der Waals surface area (Å²) in [6, 6.07) is 7.17. The summed E-state index contributed by atoms with van der Waals surface area (Å²) in [5.41, 5.74) is -1.08. The van der Waals surface area contributed by atoms with Crippen molar-refractivity contribution in [2.75, 3.05) is 6.54 Å². The lowest BCUT2D eigenvalue weighted by atomic mass is 10.2. The zero-order valence-electron chi connectivity index (χ0n) is 14.1. The van der Waals surface area contributed by atoms with Crippen molar-refractivity contribution in [1.29, 1.82) is 0 Å². The van der Waals surface area contributed by atoms with Crippen LogP contribution in [-0.2, 0) is 27.2 Å². The molecule has 4 nitrogen and oxygen atoms in total. The first-order valence-electron chi connectivity index (χ1n) is 7.69. The van der Waals surface area contributed by atoms with E-state index in [0.29, 0.717) is 12.5 Å². The van der Waals surface area contributed by atoms with E-state index >= 15 is 0 Å². The lowest BCUT2D eigenvalue weighted by Gasteiger charge is -2.24. The van der Waals surface area contributed by atoms with Crippen LogP contribution in [0.25, 0.3) is 0 Å². The van der Waals surface area contributed by atoms with E-state index in [1.807, 2.05) is 17.5 Å². The molecule has 0 saturated carbocycles. The average Bonchev–Trinajstić information content (AvgIpc) is 3.07. The Morgan fingerprint density at radius 3 is 2.42 bits per heavy atom. The summed E-state index contributed by atoms with van der Waals surface area (Å²) in [5.74, 6) is -0.758. The van der Waals surface area contributed by atoms with Crippen molar-refractivity contribution in [3.63, 3.8) is 0 Å². The number of halogens is 3. The molecule has 0 atom stereocenters. The molecule has 2 aromatic rings. The summed E-state index contributed by atoms with van der Waals surface area (Å²) in [4.78, 5) is 12.9. The topological polar surface area (TPSA) is 63.2 Å². The van der Waals surface area contributed by atoms with Gasteiger partial charge in [0.15, 0.2) is 9.84 Å². The maximum absolute atomic E-state index is 12.8. The molecule has 0 spiro atoms. The van der Waals surface area contributed by atoms with Crippen LogP contribution in [0.5, 0.6) is 0 Å². The Bertz CT molecular complexity index is 873. The van der Waals surface area contributed by atoms with Crippen LogP contribution in [0, 0.1) is 0 Å². The summed E-state index contributed by atoms with van der Waals surface area (Å²) in [5, 5.41) is 4.44. The first-order valence-corrected chi connectivity index (χ1v) is 10.0. The fourth-order valence-electron chi connectivity index (χ4n) is 2.22. The molecule has 9 heteroatoms. The maximum Gasteiger partial charge on any atom is 0.416 e. The van der Waals surface area contributed by atoms with Crippen LogP contribution in [0.15, 0.2) is 46.7 Å². The molecule has 1 N–H and O–H groups in total. The average molecular weight is 405 g/mol. The molecule has 0 saturated heterocycles. The van der Waals surface area contributed by atoms with Crippen molar-refractivity contribution in [2.45, 2.75) is 36.1 Å². The fraction of sp³-hybridized carbons (Fsp3) is 0.353. The molecule has 26 heavy (non-hydrogen) atoms. The quantitative estimate of drug-likeness (QED) is 0.798. The highest BCUT2D eigenvalue weighted by Crippen LogP contribution is 2.33. The minimum atomic E-state index is -4.67. The zero-order chi connectivity index (χ0) is 19.6. The van der Waals surface area contributed by atoms with Crippen LogP contribution in [0.3, 0.4) is 0 Å². The number of rotatable bonds is 6. The third-order valence-corrected chi connectivity index (χ3v) is 7.27. The Morgan fingerprint density at radius 2 is 1.85 bits per heavy atom. The molecule has 2 rings (SSSR count). The van der Waals surface area contributed by atoms with E-state index in [-0.39, 0.29) is 6.54 Å². The number of carbonyl (C=O) groups excluding carboxylic acids is 1. The Kier molecular flexibility index (Phi) is 5.82. The minimum absolute atomic E-state index is 0.237. The zero-order valence-corrected chi connectivity index (χ0v) is 15.8. The highest BCUT2D eigenvalue weighted by molar-refractivity contribution is 7.93. The second kappa shape index (κ2) is 7.40. The summed E-state index contributed by atoms with van der Waals surface area (Å²) in [7, 11) is -4.31. The molecular weight excluding hydrogens is 387 g/mol. The first kappa shape index (κ1) is 20.4. The number of hydrogen-bond acceptors (Lipinski definition) is 4. The predicted molar refractivity (Wildman–Crippen MR) is 93.7 cm³/mol. The van der Waals surface area contributed by atoms with E-state index in [2.05, 4.69) is 5.32 Å². The third kappa shape index (κ3) is 4.27. The Morgan fingerprint density at radius 1 is 1.15 bits per heavy atom. The molecule has 1 heterocycles. The van der Waals surface area contributed by atoms with Gasteiger partial charge < -0.3 is 5.32 Å². The number of sulfone groups is 1. The number of amides is 1. The Balaban J connectivity index is 2.18. The SMILES string of the molecule is CC(C)(C(=O)NCCc1cccs1)S(=O)(=O)c1cccc(C(F)(F)F)c1. The number of hydrogen-bond donors (Lipinski definition) is 1. The van der Waals surface area contributed by atoms with Gasteiger partial charge in [0, 0.05) is 11.4 Å². The van der Waals surface area contributed by atoms with Crippen molar-refractivity contribution >= 4 is 27.1 Å². The van der Waals surface area contributed by atoms with Gasteiger partial charge in [-0.2, -0.15) is 13.2 Å². The second-order valence-electron chi connectivity index (χ2n) is 6.12. The van der Waals surface area contributed by atoms with Gasteiger partial charge in [-0.3, -0.25) is 4.79 Å². The van der Waals surface area contributed by atoms with Crippen LogP contribution in [0.4, 0.5) is 13.2 Å². The maximum atomic E-state index is 12.8. The monoisotopic (exact) mass is 405 g/mol. The molecular formula is C17H18F3NO3S2. The van der Waals surface area contributed by atoms with E-state index in [1.165, 1.54) is 25.2 Å². The molecule has 0 radical (unpaired) electrons. The number of nitrogens with one attached hydrogen (secondary N) is 1. The van der Waals surface area contributed by atoms with E-state index in [9.17, 15) is 26.4 Å². The largest absolute Gasteiger partial charge is 0.416 e.